The number of hydrogen-bond acceptors (Lipinski definition) is 4. The van der Waals surface area contributed by atoms with Crippen LogP contribution in [-0.2, 0) is 20.9 Å². The zero-order valence-corrected chi connectivity index (χ0v) is 19.9. The number of aryl methyl sites for hydroxylation is 2. The van der Waals surface area contributed by atoms with Crippen LogP contribution >= 0.6 is 0 Å². The number of amides is 3. The summed E-state index contributed by atoms with van der Waals surface area (Å²) in [6.07, 6.45) is 0.178. The lowest BCUT2D eigenvalue weighted by molar-refractivity contribution is -0.126. The van der Waals surface area contributed by atoms with Crippen LogP contribution in [0.1, 0.15) is 23.1 Å². The van der Waals surface area contributed by atoms with E-state index in [1.54, 1.807) is 29.2 Å². The summed E-state index contributed by atoms with van der Waals surface area (Å²) < 4.78 is 5.60. The minimum Gasteiger partial charge on any atom is -0.484 e. The van der Waals surface area contributed by atoms with Gasteiger partial charge in [-0.1, -0.05) is 48.0 Å². The van der Waals surface area contributed by atoms with Crippen molar-refractivity contribution >= 4 is 29.1 Å². The van der Waals surface area contributed by atoms with Crippen molar-refractivity contribution in [2.45, 2.75) is 26.8 Å². The monoisotopic (exact) mass is 471 g/mol. The van der Waals surface area contributed by atoms with Crippen molar-refractivity contribution in [3.8, 4) is 5.75 Å². The Hall–Kier alpha value is -4.13. The van der Waals surface area contributed by atoms with Crippen LogP contribution in [0.25, 0.3) is 0 Å². The number of rotatable bonds is 8. The van der Waals surface area contributed by atoms with E-state index in [4.69, 9.17) is 4.74 Å². The van der Waals surface area contributed by atoms with Gasteiger partial charge in [-0.25, -0.2) is 0 Å². The number of ether oxygens (including phenoxy) is 1. The summed E-state index contributed by atoms with van der Waals surface area (Å²) >= 11 is 0. The van der Waals surface area contributed by atoms with Crippen LogP contribution in [-0.4, -0.2) is 30.9 Å². The lowest BCUT2D eigenvalue weighted by Crippen LogP contribution is -2.32. The third kappa shape index (κ3) is 6.26. The van der Waals surface area contributed by atoms with E-state index in [0.717, 1.165) is 22.4 Å². The van der Waals surface area contributed by atoms with E-state index >= 15 is 0 Å². The lowest BCUT2D eigenvalue weighted by atomic mass is 10.1. The first-order chi connectivity index (χ1) is 16.9. The second-order valence-electron chi connectivity index (χ2n) is 8.76. The quantitative estimate of drug-likeness (QED) is 0.520. The van der Waals surface area contributed by atoms with Gasteiger partial charge in [-0.2, -0.15) is 0 Å². The molecule has 2 N–H and O–H groups in total. The van der Waals surface area contributed by atoms with E-state index in [0.29, 0.717) is 24.5 Å². The molecule has 1 heterocycles. The molecule has 1 aliphatic heterocycles. The van der Waals surface area contributed by atoms with E-state index in [2.05, 4.69) is 10.6 Å². The van der Waals surface area contributed by atoms with Gasteiger partial charge in [0.2, 0.25) is 11.8 Å². The highest BCUT2D eigenvalue weighted by molar-refractivity contribution is 6.00. The fourth-order valence-electron chi connectivity index (χ4n) is 4.07. The fraction of sp³-hybridized carbons (Fsp3) is 0.250. The first-order valence-corrected chi connectivity index (χ1v) is 11.6. The number of hydrogen-bond donors (Lipinski definition) is 2. The third-order valence-electron chi connectivity index (χ3n) is 5.98. The summed E-state index contributed by atoms with van der Waals surface area (Å²) in [5.74, 6) is -0.338. The molecule has 1 atom stereocenters. The van der Waals surface area contributed by atoms with Gasteiger partial charge in [-0.3, -0.25) is 14.4 Å². The molecule has 3 aromatic rings. The second kappa shape index (κ2) is 10.9. The Morgan fingerprint density at radius 2 is 1.74 bits per heavy atom. The highest BCUT2D eigenvalue weighted by Gasteiger charge is 2.35. The number of nitrogens with zero attached hydrogens (tertiary/aromatic N) is 1. The maximum absolute atomic E-state index is 12.6. The average Bonchev–Trinajstić information content (AvgIpc) is 3.25. The first-order valence-electron chi connectivity index (χ1n) is 11.6. The summed E-state index contributed by atoms with van der Waals surface area (Å²) in [5, 5.41) is 5.77. The van der Waals surface area contributed by atoms with Gasteiger partial charge in [-0.05, 0) is 55.3 Å². The minimum atomic E-state index is -0.393. The number of benzene rings is 3. The number of carbonyl (C=O) groups is 3. The molecule has 0 spiro atoms. The average molecular weight is 472 g/mol. The van der Waals surface area contributed by atoms with Crippen molar-refractivity contribution < 1.29 is 19.1 Å². The molecule has 0 radical (unpaired) electrons. The highest BCUT2D eigenvalue weighted by atomic mass is 16.5. The molecule has 35 heavy (non-hydrogen) atoms. The molecule has 3 aromatic carbocycles. The maximum atomic E-state index is 12.6. The van der Waals surface area contributed by atoms with Gasteiger partial charge >= 0.3 is 0 Å². The van der Waals surface area contributed by atoms with Crippen LogP contribution in [0.15, 0.2) is 72.8 Å². The number of anilines is 2. The number of carbonyl (C=O) groups excluding carboxylic acids is 3. The van der Waals surface area contributed by atoms with E-state index in [9.17, 15) is 14.4 Å². The molecule has 1 saturated heterocycles. The second-order valence-corrected chi connectivity index (χ2v) is 8.76. The third-order valence-corrected chi connectivity index (χ3v) is 5.98. The van der Waals surface area contributed by atoms with E-state index in [1.165, 1.54) is 0 Å². The van der Waals surface area contributed by atoms with Crippen molar-refractivity contribution in [1.82, 2.24) is 5.32 Å². The number of nitrogens with one attached hydrogen (secondary N) is 2. The Morgan fingerprint density at radius 1 is 1.00 bits per heavy atom. The Balaban J connectivity index is 1.27. The summed E-state index contributed by atoms with van der Waals surface area (Å²) in [7, 11) is 0. The largest absolute Gasteiger partial charge is 0.484 e. The topological polar surface area (TPSA) is 87.7 Å². The van der Waals surface area contributed by atoms with Crippen LogP contribution in [0.4, 0.5) is 11.4 Å². The molecule has 7 nitrogen and oxygen atoms in total. The zero-order chi connectivity index (χ0) is 24.8. The highest BCUT2D eigenvalue weighted by Crippen LogP contribution is 2.27. The summed E-state index contributed by atoms with van der Waals surface area (Å²) in [4.78, 5) is 39.0. The van der Waals surface area contributed by atoms with E-state index in [-0.39, 0.29) is 30.7 Å². The van der Waals surface area contributed by atoms with Crippen LogP contribution in [0.5, 0.6) is 5.75 Å². The smallest absolute Gasteiger partial charge is 0.262 e. The molecular weight excluding hydrogens is 442 g/mol. The van der Waals surface area contributed by atoms with Crippen molar-refractivity contribution in [2.75, 3.05) is 23.4 Å². The summed E-state index contributed by atoms with van der Waals surface area (Å²) in [6.45, 7) is 4.59. The Labute approximate surface area is 205 Å². The van der Waals surface area contributed by atoms with Crippen molar-refractivity contribution in [3.63, 3.8) is 0 Å². The molecule has 180 valence electrons. The zero-order valence-electron chi connectivity index (χ0n) is 19.9. The van der Waals surface area contributed by atoms with E-state index in [1.807, 2.05) is 62.4 Å². The molecule has 0 unspecified atom stereocenters. The van der Waals surface area contributed by atoms with Crippen LogP contribution in [0.3, 0.4) is 0 Å². The van der Waals surface area contributed by atoms with Gasteiger partial charge in [0.05, 0.1) is 5.92 Å². The molecule has 0 bridgehead atoms. The van der Waals surface area contributed by atoms with Gasteiger partial charge in [0.1, 0.15) is 5.75 Å². The molecular formula is C28H29N3O4. The molecule has 0 aliphatic carbocycles. The molecule has 4 rings (SSSR count). The van der Waals surface area contributed by atoms with Crippen LogP contribution < -0.4 is 20.3 Å². The predicted molar refractivity (Wildman–Crippen MR) is 135 cm³/mol. The first kappa shape index (κ1) is 24.0. The molecule has 3 amide bonds. The molecule has 0 saturated carbocycles. The van der Waals surface area contributed by atoms with Crippen molar-refractivity contribution in [1.29, 1.82) is 0 Å². The Kier molecular flexibility index (Phi) is 7.45. The molecule has 1 fully saturated rings. The minimum absolute atomic E-state index is 0.0913. The predicted octanol–water partition coefficient (Wildman–Crippen LogP) is 3.99. The molecule has 7 heteroatoms. The van der Waals surface area contributed by atoms with E-state index < -0.39 is 5.92 Å². The molecule has 1 aliphatic rings. The van der Waals surface area contributed by atoms with Gasteiger partial charge in [0.15, 0.2) is 6.61 Å². The fourth-order valence-corrected chi connectivity index (χ4v) is 4.07. The lowest BCUT2D eigenvalue weighted by Gasteiger charge is -2.17. The van der Waals surface area contributed by atoms with Crippen LogP contribution in [0, 0.1) is 19.8 Å². The SMILES string of the molecule is Cc1ccc(NC(=O)COc2ccc(N3C[C@@H](C(=O)NCc4ccccc4)CC3=O)cc2)c(C)c1. The summed E-state index contributed by atoms with van der Waals surface area (Å²) in [5.41, 5.74) is 4.59. The maximum Gasteiger partial charge on any atom is 0.262 e. The summed E-state index contributed by atoms with van der Waals surface area (Å²) in [6, 6.07) is 22.5. The van der Waals surface area contributed by atoms with Crippen LogP contribution in [0.2, 0.25) is 0 Å². The Bertz CT molecular complexity index is 1210. The van der Waals surface area contributed by atoms with Gasteiger partial charge < -0.3 is 20.3 Å². The normalized spacial score (nSPS) is 15.1. The standard InChI is InChI=1S/C28H29N3O4/c1-19-8-13-25(20(2)14-19)30-26(32)18-35-24-11-9-23(10-12-24)31-17-22(15-27(31)33)28(34)29-16-21-6-4-3-5-7-21/h3-14,22H,15-18H2,1-2H3,(H,29,34)(H,30,32)/t22-/m0/s1. The van der Waals surface area contributed by atoms with Crippen molar-refractivity contribution in [2.24, 2.45) is 5.92 Å². The van der Waals surface area contributed by atoms with Crippen molar-refractivity contribution in [3.05, 3.63) is 89.5 Å². The van der Waals surface area contributed by atoms with Gasteiger partial charge in [-0.15, -0.1) is 0 Å². The molecule has 0 aromatic heterocycles. The van der Waals surface area contributed by atoms with Gasteiger partial charge in [0, 0.05) is 30.9 Å². The van der Waals surface area contributed by atoms with Gasteiger partial charge in [0.25, 0.3) is 5.91 Å². The Morgan fingerprint density at radius 3 is 2.46 bits per heavy atom.